The number of ketones is 1. The lowest BCUT2D eigenvalue weighted by atomic mass is 9.45. The fraction of sp³-hybridized carbons (Fsp3) is 0.476. The van der Waals surface area contributed by atoms with Gasteiger partial charge in [-0.3, -0.25) is 9.79 Å². The number of nitrogens with zero attached hydrogens (tertiary/aromatic N) is 2. The molecule has 2 aliphatic heterocycles. The summed E-state index contributed by atoms with van der Waals surface area (Å²) < 4.78 is 0. The zero-order valence-electron chi connectivity index (χ0n) is 43.9. The summed E-state index contributed by atoms with van der Waals surface area (Å²) in [5, 5.41) is 48.4. The first-order valence-electron chi connectivity index (χ1n) is 27.6. The number of aliphatic hydroxyl groups is 2. The van der Waals surface area contributed by atoms with Crippen molar-refractivity contribution in [1.29, 1.82) is 0 Å². The molecule has 0 unspecified atom stereocenters. The fourth-order valence-corrected chi connectivity index (χ4v) is 19.8. The van der Waals surface area contributed by atoms with E-state index in [1.807, 2.05) is 45.3 Å². The van der Waals surface area contributed by atoms with Gasteiger partial charge in [0.05, 0.1) is 39.0 Å². The molecule has 392 valence electrons. The van der Waals surface area contributed by atoms with Crippen molar-refractivity contribution in [1.82, 2.24) is 20.6 Å². The molecule has 13 heteroatoms. The van der Waals surface area contributed by atoms with Crippen LogP contribution in [-0.2, 0) is 19.3 Å². The van der Waals surface area contributed by atoms with E-state index in [4.69, 9.17) is 5.73 Å². The molecule has 76 heavy (non-hydrogen) atoms. The molecular weight excluding hydrogens is 983 g/mol. The number of anilines is 1. The summed E-state index contributed by atoms with van der Waals surface area (Å²) in [5.41, 5.74) is 11.4. The van der Waals surface area contributed by atoms with Gasteiger partial charge in [0.15, 0.2) is 11.7 Å². The van der Waals surface area contributed by atoms with Crippen LogP contribution in [-0.4, -0.2) is 82.0 Å². The third-order valence-electron chi connectivity index (χ3n) is 20.7. The third kappa shape index (κ3) is 7.28. The van der Waals surface area contributed by atoms with E-state index >= 15 is 4.79 Å². The molecule has 11 nitrogen and oxygen atoms in total. The zero-order chi connectivity index (χ0) is 52.4. The lowest BCUT2D eigenvalue weighted by molar-refractivity contribution is -0.0491. The molecular formula is C63H69N7O4S2. The maximum Gasteiger partial charge on any atom is 0.188 e. The van der Waals surface area contributed by atoms with E-state index in [0.717, 1.165) is 99.1 Å². The molecule has 4 fully saturated rings. The number of hydrogen-bond donors (Lipinski definition) is 8. The van der Waals surface area contributed by atoms with Gasteiger partial charge in [-0.05, 0) is 178 Å². The Labute approximate surface area is 454 Å². The van der Waals surface area contributed by atoms with Gasteiger partial charge in [0.2, 0.25) is 0 Å². The minimum absolute atomic E-state index is 0.00929. The standard InChI is InChI=1S/C63H69N7O4S2/c1-5-7-40-10-14-50(75-40)51-15-16-52(76-51)57(73)47-20-22-60-23-21-53-61(47,33-60)34-62(24-18-37(30-65-3)48(62)32-71)63(53)25-19-43-42-9-6-8-36(45(42)28-39-31-67-35-68-39)29-59(2,74)54-17-12-44-49(72)26-38(27-55(60)70-58(64)66-4)41(56(44)69-54)11-13-46(43)63/h6,8-10,12,14-17,21,23,26,31,35,37,43,46-48,53-55,65,69,71-72,74H,18-20,22,24-25,27-30,32-34H2,1-4H3,(H,67,68)(H3,64,66,70)/t37-,43-,46+,47+,48-,53-,54+,55+,59-,60-,61+,62-,63+/m0/s1. The molecule has 0 saturated heterocycles. The number of phenols is 1. The molecule has 0 radical (unpaired) electrons. The number of aromatic amines is 1. The van der Waals surface area contributed by atoms with E-state index in [0.29, 0.717) is 37.2 Å². The van der Waals surface area contributed by atoms with Crippen LogP contribution in [0.3, 0.4) is 0 Å². The Bertz CT molecular complexity index is 3380. The van der Waals surface area contributed by atoms with Crippen LogP contribution < -0.4 is 21.7 Å². The van der Waals surface area contributed by atoms with Crippen LogP contribution in [0.5, 0.6) is 5.75 Å². The highest BCUT2D eigenvalue weighted by Crippen LogP contribution is 2.84. The molecule has 5 aromatic rings. The molecule has 9 aliphatic rings. The van der Waals surface area contributed by atoms with Crippen LogP contribution in [0.25, 0.3) is 15.8 Å². The predicted octanol–water partition coefficient (Wildman–Crippen LogP) is 9.44. The van der Waals surface area contributed by atoms with Crippen LogP contribution in [0.2, 0.25) is 0 Å². The number of Topliss-reactive ketones (excluding diaryl/α,β-unsaturated/α-hetero) is 1. The molecule has 9 N–H and O–H groups in total. The molecule has 5 heterocycles. The Balaban J connectivity index is 1.09. The Kier molecular flexibility index (Phi) is 12.0. The molecule has 7 aliphatic carbocycles. The van der Waals surface area contributed by atoms with Crippen molar-refractivity contribution in [3.05, 3.63) is 128 Å². The summed E-state index contributed by atoms with van der Waals surface area (Å²) in [4.78, 5) is 32.6. The molecule has 0 amide bonds. The number of carbonyl (C=O) groups is 1. The lowest BCUT2D eigenvalue weighted by Gasteiger charge is -2.59. The maximum atomic E-state index is 16.2. The number of thiophene rings is 2. The SMILES string of the molecule is CC#Cc1ccc(-c2ccc(C(=O)[C@H]3CC[C@]45C=C[C@H]6[C@]3(C4)C[C@]3(CC[C@@H](CNC)[C@@H]3CO)[C@@]63CC[C@H]4c6cccc(c6Cc6cnc[nH]6)C[C@](C)(O)[C@H]6C=Cc7c(O)cc(c(c7N6)C#C[C@H]43)C[C@H]5NC(N)=NC)s2)s1. The average molecular weight is 1050 g/mol. The van der Waals surface area contributed by atoms with Crippen molar-refractivity contribution < 1.29 is 20.1 Å². The monoisotopic (exact) mass is 1050 g/mol. The van der Waals surface area contributed by atoms with Crippen molar-refractivity contribution in [3.63, 3.8) is 0 Å². The summed E-state index contributed by atoms with van der Waals surface area (Å²) in [5.74, 6) is 14.9. The number of aromatic hydroxyl groups is 1. The number of phenolic OH excluding ortho intramolecular Hbond substituents is 1. The number of guanidine groups is 1. The Morgan fingerprint density at radius 3 is 2.71 bits per heavy atom. The van der Waals surface area contributed by atoms with E-state index in [-0.39, 0.29) is 65.1 Å². The highest BCUT2D eigenvalue weighted by molar-refractivity contribution is 7.23. The van der Waals surface area contributed by atoms with Crippen molar-refractivity contribution in [2.45, 2.75) is 108 Å². The number of aliphatic imine (C=N–C) groups is 1. The predicted molar refractivity (Wildman–Crippen MR) is 303 cm³/mol. The Morgan fingerprint density at radius 2 is 1.91 bits per heavy atom. The minimum Gasteiger partial charge on any atom is -0.507 e. The van der Waals surface area contributed by atoms with Gasteiger partial charge in [-0.15, -0.1) is 28.6 Å². The average Bonchev–Trinajstić information content (AvgIpc) is 4.40. The largest absolute Gasteiger partial charge is 0.507 e. The van der Waals surface area contributed by atoms with E-state index in [9.17, 15) is 15.3 Å². The number of allylic oxidation sites excluding steroid dienone is 1. The number of aromatic nitrogens is 2. The van der Waals surface area contributed by atoms with Gasteiger partial charge >= 0.3 is 0 Å². The van der Waals surface area contributed by atoms with Gasteiger partial charge in [-0.25, -0.2) is 4.98 Å². The van der Waals surface area contributed by atoms with Crippen LogP contribution in [0.4, 0.5) is 5.69 Å². The number of carbonyl (C=O) groups excluding carboxylic acids is 1. The number of nitrogens with two attached hydrogens (primary N) is 1. The van der Waals surface area contributed by atoms with Crippen LogP contribution in [0.15, 0.2) is 84.3 Å². The summed E-state index contributed by atoms with van der Waals surface area (Å²) in [7, 11) is 3.75. The van der Waals surface area contributed by atoms with Gasteiger partial charge in [-0.1, -0.05) is 60.3 Å². The molecule has 4 saturated carbocycles. The quantitative estimate of drug-likeness (QED) is 0.0235. The smallest absolute Gasteiger partial charge is 0.188 e. The fourth-order valence-electron chi connectivity index (χ4n) is 17.8. The normalized spacial score (nSPS) is 35.1. The maximum absolute atomic E-state index is 16.2. The first kappa shape index (κ1) is 49.6. The second-order valence-electron chi connectivity index (χ2n) is 24.0. The number of nitrogens with one attached hydrogen (secondary N) is 4. The van der Waals surface area contributed by atoms with Gasteiger partial charge < -0.3 is 42.0 Å². The minimum atomic E-state index is -1.25. The lowest BCUT2D eigenvalue weighted by Crippen LogP contribution is -2.59. The summed E-state index contributed by atoms with van der Waals surface area (Å²) in [6, 6.07) is 16.2. The highest BCUT2D eigenvalue weighted by atomic mass is 32.1. The number of rotatable bonds is 9. The van der Waals surface area contributed by atoms with Crippen molar-refractivity contribution >= 4 is 46.2 Å². The van der Waals surface area contributed by atoms with E-state index < -0.39 is 27.9 Å². The second kappa shape index (κ2) is 18.3. The number of H-pyrrole nitrogens is 1. The van der Waals surface area contributed by atoms with Crippen molar-refractivity contribution in [3.8, 4) is 39.2 Å². The van der Waals surface area contributed by atoms with Crippen LogP contribution >= 0.6 is 22.7 Å². The molecule has 14 rings (SSSR count). The summed E-state index contributed by atoms with van der Waals surface area (Å²) >= 11 is 3.28. The molecule has 10 bridgehead atoms. The topological polar surface area (TPSA) is 181 Å². The first-order chi connectivity index (χ1) is 36.8. The van der Waals surface area contributed by atoms with E-state index in [1.54, 1.807) is 36.0 Å². The number of benzene rings is 2. The summed E-state index contributed by atoms with van der Waals surface area (Å²) in [6.45, 7) is 4.64. The molecule has 4 spiro atoms. The first-order valence-corrected chi connectivity index (χ1v) is 29.2. The number of aliphatic hydroxyl groups excluding tert-OH is 1. The Morgan fingerprint density at radius 1 is 1.05 bits per heavy atom. The van der Waals surface area contributed by atoms with Gasteiger partial charge in [0.1, 0.15) is 5.75 Å². The van der Waals surface area contributed by atoms with Crippen molar-refractivity contribution in [2.24, 2.45) is 62.0 Å². The number of imidazole rings is 1. The molecule has 13 atom stereocenters. The van der Waals surface area contributed by atoms with E-state index in [2.05, 4.69) is 109 Å². The van der Waals surface area contributed by atoms with Crippen LogP contribution in [0, 0.1) is 74.9 Å². The number of fused-ring (bicyclic) bond motifs is 5. The zero-order valence-corrected chi connectivity index (χ0v) is 45.6. The van der Waals surface area contributed by atoms with Crippen molar-refractivity contribution in [2.75, 3.05) is 32.6 Å². The third-order valence-corrected chi connectivity index (χ3v) is 23.0. The van der Waals surface area contributed by atoms with Gasteiger partial charge in [0.25, 0.3) is 0 Å². The van der Waals surface area contributed by atoms with Gasteiger partial charge in [0, 0.05) is 77.0 Å². The molecule has 3 aromatic heterocycles. The second-order valence-corrected chi connectivity index (χ2v) is 26.2. The summed E-state index contributed by atoms with van der Waals surface area (Å²) in [6.07, 6.45) is 20.9. The van der Waals surface area contributed by atoms with Gasteiger partial charge in [-0.2, -0.15) is 0 Å². The number of hydrogen-bond acceptors (Lipinski definition) is 10. The Hall–Kier alpha value is -5.93. The highest BCUT2D eigenvalue weighted by Gasteiger charge is 2.79. The molecule has 2 aromatic carbocycles. The van der Waals surface area contributed by atoms with Crippen LogP contribution in [0.1, 0.15) is 125 Å². The van der Waals surface area contributed by atoms with E-state index in [1.165, 1.54) is 11.1 Å².